The van der Waals surface area contributed by atoms with Crippen molar-refractivity contribution in [1.82, 2.24) is 9.55 Å². The molecular formula is C31H33F2N3O3. The SMILES string of the molecule is CC(=O)C(OC(C)(C)C)c1c(C)nc2c(ccn2Cc2cccc(F)c2F)c1-c1ccc2c(c1C)NCCO2. The standard InChI is InChI=1S/C31H33F2N3O3/c1-17-21(10-11-24-28(17)34-13-15-38-24)26-22-12-14-36(16-20-8-7-9-23(32)27(20)33)30(22)35-18(2)25(26)29(19(3)37)39-31(4,5)6/h7-12,14,29,34H,13,15-16H2,1-6H3. The highest BCUT2D eigenvalue weighted by Gasteiger charge is 2.32. The first-order valence-electron chi connectivity index (χ1n) is 13.1. The van der Waals surface area contributed by atoms with Gasteiger partial charge in [-0.3, -0.25) is 4.79 Å². The van der Waals surface area contributed by atoms with E-state index >= 15 is 0 Å². The molecule has 1 N–H and O–H groups in total. The van der Waals surface area contributed by atoms with E-state index in [1.165, 1.54) is 13.0 Å². The Hall–Kier alpha value is -3.78. The summed E-state index contributed by atoms with van der Waals surface area (Å²) in [6.07, 6.45) is 0.970. The normalized spacial score (nSPS) is 14.1. The molecular weight excluding hydrogens is 500 g/mol. The predicted molar refractivity (Wildman–Crippen MR) is 148 cm³/mol. The Kier molecular flexibility index (Phi) is 6.93. The van der Waals surface area contributed by atoms with Crippen molar-refractivity contribution in [3.05, 3.63) is 76.6 Å². The van der Waals surface area contributed by atoms with Gasteiger partial charge in [0, 0.05) is 40.5 Å². The predicted octanol–water partition coefficient (Wildman–Crippen LogP) is 6.90. The highest BCUT2D eigenvalue weighted by Crippen LogP contribution is 2.44. The summed E-state index contributed by atoms with van der Waals surface area (Å²) >= 11 is 0. The van der Waals surface area contributed by atoms with Gasteiger partial charge in [-0.2, -0.15) is 0 Å². The van der Waals surface area contributed by atoms with Crippen LogP contribution in [-0.2, 0) is 16.1 Å². The molecule has 1 unspecified atom stereocenters. The third-order valence-electron chi connectivity index (χ3n) is 6.97. The molecule has 5 rings (SSSR count). The number of hydrogen-bond acceptors (Lipinski definition) is 5. The number of carbonyl (C=O) groups excluding carboxylic acids is 1. The van der Waals surface area contributed by atoms with Crippen LogP contribution in [0.5, 0.6) is 5.75 Å². The number of pyridine rings is 1. The molecule has 0 bridgehead atoms. The average molecular weight is 534 g/mol. The first-order valence-corrected chi connectivity index (χ1v) is 13.1. The van der Waals surface area contributed by atoms with Gasteiger partial charge in [0.25, 0.3) is 0 Å². The van der Waals surface area contributed by atoms with E-state index < -0.39 is 23.3 Å². The van der Waals surface area contributed by atoms with Gasteiger partial charge < -0.3 is 19.4 Å². The summed E-state index contributed by atoms with van der Waals surface area (Å²) in [7, 11) is 0. The number of ketones is 1. The van der Waals surface area contributed by atoms with E-state index in [0.717, 1.165) is 39.6 Å². The van der Waals surface area contributed by atoms with Crippen LogP contribution in [0, 0.1) is 25.5 Å². The lowest BCUT2D eigenvalue weighted by atomic mass is 9.88. The summed E-state index contributed by atoms with van der Waals surface area (Å²) in [6, 6.07) is 10.0. The average Bonchev–Trinajstić information content (AvgIpc) is 3.26. The minimum Gasteiger partial charge on any atom is -0.490 e. The maximum absolute atomic E-state index is 14.6. The van der Waals surface area contributed by atoms with Crippen molar-refractivity contribution in [2.75, 3.05) is 18.5 Å². The number of hydrogen-bond donors (Lipinski definition) is 1. The van der Waals surface area contributed by atoms with Crippen molar-refractivity contribution < 1.29 is 23.0 Å². The number of benzene rings is 2. The molecule has 8 heteroatoms. The van der Waals surface area contributed by atoms with Crippen LogP contribution in [0.2, 0.25) is 0 Å². The molecule has 4 aromatic rings. The van der Waals surface area contributed by atoms with Gasteiger partial charge in [0.05, 0.1) is 17.8 Å². The lowest BCUT2D eigenvalue weighted by Gasteiger charge is -2.30. The van der Waals surface area contributed by atoms with Gasteiger partial charge >= 0.3 is 0 Å². The highest BCUT2D eigenvalue weighted by atomic mass is 19.2. The topological polar surface area (TPSA) is 65.4 Å². The van der Waals surface area contributed by atoms with Gasteiger partial charge in [0.1, 0.15) is 24.1 Å². The van der Waals surface area contributed by atoms with Crippen LogP contribution in [0.4, 0.5) is 14.5 Å². The van der Waals surface area contributed by atoms with Crippen LogP contribution in [0.1, 0.15) is 56.2 Å². The van der Waals surface area contributed by atoms with Crippen molar-refractivity contribution in [3.8, 4) is 16.9 Å². The van der Waals surface area contributed by atoms with Gasteiger partial charge in [0.15, 0.2) is 17.4 Å². The van der Waals surface area contributed by atoms with Crippen molar-refractivity contribution in [2.24, 2.45) is 0 Å². The molecule has 1 aliphatic heterocycles. The van der Waals surface area contributed by atoms with Crippen molar-refractivity contribution in [2.45, 2.75) is 59.8 Å². The molecule has 0 saturated carbocycles. The van der Waals surface area contributed by atoms with Crippen LogP contribution in [0.25, 0.3) is 22.2 Å². The van der Waals surface area contributed by atoms with Gasteiger partial charge in [-0.15, -0.1) is 0 Å². The zero-order valence-corrected chi connectivity index (χ0v) is 23.1. The first-order chi connectivity index (χ1) is 18.5. The first kappa shape index (κ1) is 26.8. The van der Waals surface area contributed by atoms with Crippen LogP contribution in [-0.4, -0.2) is 34.1 Å². The van der Waals surface area contributed by atoms with Crippen LogP contribution >= 0.6 is 0 Å². The number of halogens is 2. The zero-order valence-electron chi connectivity index (χ0n) is 23.1. The van der Waals surface area contributed by atoms with Crippen LogP contribution in [0.15, 0.2) is 42.6 Å². The number of fused-ring (bicyclic) bond motifs is 2. The van der Waals surface area contributed by atoms with Gasteiger partial charge in [-0.05, 0) is 70.9 Å². The van der Waals surface area contributed by atoms with Gasteiger partial charge in [0.2, 0.25) is 0 Å². The molecule has 39 heavy (non-hydrogen) atoms. The summed E-state index contributed by atoms with van der Waals surface area (Å²) < 4.78 is 42.5. The molecule has 2 aromatic carbocycles. The smallest absolute Gasteiger partial charge is 0.163 e. The Morgan fingerprint density at radius 1 is 1.18 bits per heavy atom. The number of rotatable bonds is 6. The molecule has 1 atom stereocenters. The summed E-state index contributed by atoms with van der Waals surface area (Å²) in [4.78, 5) is 18.0. The minimum absolute atomic E-state index is 0.103. The maximum atomic E-state index is 14.6. The third-order valence-corrected chi connectivity index (χ3v) is 6.97. The number of nitrogens with zero attached hydrogens (tertiary/aromatic N) is 2. The lowest BCUT2D eigenvalue weighted by Crippen LogP contribution is -2.27. The van der Waals surface area contributed by atoms with E-state index in [2.05, 4.69) is 5.32 Å². The molecule has 204 valence electrons. The molecule has 0 saturated heterocycles. The van der Waals surface area contributed by atoms with E-state index in [0.29, 0.717) is 30.1 Å². The lowest BCUT2D eigenvalue weighted by molar-refractivity contribution is -0.138. The number of aromatic nitrogens is 2. The fourth-order valence-corrected chi connectivity index (χ4v) is 5.26. The van der Waals surface area contributed by atoms with Gasteiger partial charge in [-0.25, -0.2) is 13.8 Å². The molecule has 3 heterocycles. The second-order valence-electron chi connectivity index (χ2n) is 11.0. The number of nitrogens with one attached hydrogen (secondary N) is 1. The van der Waals surface area contributed by atoms with Crippen molar-refractivity contribution in [1.29, 1.82) is 0 Å². The van der Waals surface area contributed by atoms with E-state index in [4.69, 9.17) is 14.5 Å². The third kappa shape index (κ3) is 5.01. The van der Waals surface area contributed by atoms with Crippen molar-refractivity contribution in [3.63, 3.8) is 0 Å². The largest absolute Gasteiger partial charge is 0.490 e. The van der Waals surface area contributed by atoms with Crippen molar-refractivity contribution >= 4 is 22.5 Å². The fourth-order valence-electron chi connectivity index (χ4n) is 5.26. The number of aryl methyl sites for hydroxylation is 1. The summed E-state index contributed by atoms with van der Waals surface area (Å²) in [5.74, 6) is -1.12. The molecule has 0 radical (unpaired) electrons. The number of carbonyl (C=O) groups is 1. The summed E-state index contributed by atoms with van der Waals surface area (Å²) in [6.45, 7) is 12.5. The zero-order chi connectivity index (χ0) is 28.1. The Labute approximate surface area is 227 Å². The Balaban J connectivity index is 1.78. The Morgan fingerprint density at radius 2 is 1.95 bits per heavy atom. The number of ether oxygens (including phenoxy) is 2. The van der Waals surface area contributed by atoms with E-state index in [1.807, 2.05) is 59.0 Å². The molecule has 0 fully saturated rings. The Morgan fingerprint density at radius 3 is 2.67 bits per heavy atom. The molecule has 0 amide bonds. The quantitative estimate of drug-likeness (QED) is 0.292. The molecule has 2 aromatic heterocycles. The fraction of sp³-hybridized carbons (Fsp3) is 0.355. The molecule has 0 spiro atoms. The maximum Gasteiger partial charge on any atom is 0.163 e. The minimum atomic E-state index is -0.890. The summed E-state index contributed by atoms with van der Waals surface area (Å²) in [5.41, 5.74) is 5.19. The summed E-state index contributed by atoms with van der Waals surface area (Å²) in [5, 5.41) is 4.23. The van der Waals surface area contributed by atoms with Crippen LogP contribution < -0.4 is 10.1 Å². The van der Waals surface area contributed by atoms with E-state index in [9.17, 15) is 13.6 Å². The molecule has 0 aliphatic carbocycles. The monoisotopic (exact) mass is 533 g/mol. The Bertz CT molecular complexity index is 1590. The van der Waals surface area contributed by atoms with E-state index in [-0.39, 0.29) is 17.9 Å². The molecule has 1 aliphatic rings. The number of anilines is 1. The highest BCUT2D eigenvalue weighted by molar-refractivity contribution is 6.00. The van der Waals surface area contributed by atoms with Gasteiger partial charge in [-0.1, -0.05) is 18.2 Å². The number of Topliss-reactive ketones (excluding diaryl/α,β-unsaturated/α-hetero) is 1. The van der Waals surface area contributed by atoms with E-state index in [1.54, 1.807) is 10.6 Å². The van der Waals surface area contributed by atoms with Crippen LogP contribution in [0.3, 0.4) is 0 Å². The molecule has 6 nitrogen and oxygen atoms in total. The second kappa shape index (κ2) is 10.1. The second-order valence-corrected chi connectivity index (χ2v) is 11.0.